The Kier molecular flexibility index (Phi) is 12.6. The molecule has 0 fully saturated rings. The third-order valence-corrected chi connectivity index (χ3v) is 6.95. The Morgan fingerprint density at radius 1 is 1.05 bits per heavy atom. The molecule has 2 rings (SSSR count). The topological polar surface area (TPSA) is 153 Å². The summed E-state index contributed by atoms with van der Waals surface area (Å²) in [6.07, 6.45) is 5.06. The fraction of sp³-hybridized carbons (Fsp3) is 0.407. The number of carbonyl (C=O) groups is 3. The monoisotopic (exact) mass is 560 g/mol. The van der Waals surface area contributed by atoms with Gasteiger partial charge in [0.1, 0.15) is 18.3 Å². The summed E-state index contributed by atoms with van der Waals surface area (Å²) < 4.78 is 34.2. The maximum atomic E-state index is 13.2. The third-order valence-electron chi connectivity index (χ3n) is 5.47. The number of hydrogen-bond donors (Lipinski definition) is 3. The van der Waals surface area contributed by atoms with Gasteiger partial charge in [-0.05, 0) is 56.4 Å². The van der Waals surface area contributed by atoms with E-state index in [4.69, 9.17) is 4.74 Å². The Morgan fingerprint density at radius 3 is 2.44 bits per heavy atom. The van der Waals surface area contributed by atoms with Crippen LogP contribution in [0.15, 0.2) is 70.5 Å². The molecule has 0 saturated heterocycles. The maximum Gasteiger partial charge on any atom is 0.330 e. The van der Waals surface area contributed by atoms with Gasteiger partial charge in [0.2, 0.25) is 21.8 Å². The summed E-state index contributed by atoms with van der Waals surface area (Å²) in [5, 5.41) is 5.23. The molecule has 0 aliphatic carbocycles. The molecule has 1 atom stereocenters. The number of benzene rings is 1. The van der Waals surface area contributed by atoms with Crippen LogP contribution in [0.3, 0.4) is 0 Å². The van der Waals surface area contributed by atoms with E-state index in [9.17, 15) is 27.6 Å². The largest absolute Gasteiger partial charge is 0.463 e. The van der Waals surface area contributed by atoms with E-state index in [-0.39, 0.29) is 42.5 Å². The van der Waals surface area contributed by atoms with Crippen molar-refractivity contribution in [2.75, 3.05) is 18.5 Å². The van der Waals surface area contributed by atoms with Crippen molar-refractivity contribution in [2.24, 2.45) is 5.92 Å². The van der Waals surface area contributed by atoms with Gasteiger partial charge in [0.15, 0.2) is 0 Å². The van der Waals surface area contributed by atoms with Crippen LogP contribution in [0.5, 0.6) is 0 Å². The molecule has 11 nitrogen and oxygen atoms in total. The molecule has 0 bridgehead atoms. The van der Waals surface area contributed by atoms with Gasteiger partial charge in [0.05, 0.1) is 11.5 Å². The van der Waals surface area contributed by atoms with Crippen molar-refractivity contribution in [3.8, 4) is 0 Å². The van der Waals surface area contributed by atoms with E-state index in [1.54, 1.807) is 25.1 Å². The fourth-order valence-corrected chi connectivity index (χ4v) is 4.67. The first-order chi connectivity index (χ1) is 18.5. The number of esters is 1. The fourth-order valence-electron chi connectivity index (χ4n) is 3.42. The third kappa shape index (κ3) is 10.9. The number of hydrogen-bond acceptors (Lipinski definition) is 7. The van der Waals surface area contributed by atoms with Gasteiger partial charge < -0.3 is 19.9 Å². The van der Waals surface area contributed by atoms with E-state index < -0.39 is 33.5 Å². The van der Waals surface area contributed by atoms with E-state index in [0.717, 1.165) is 11.0 Å². The van der Waals surface area contributed by atoms with Gasteiger partial charge in [-0.1, -0.05) is 38.1 Å². The van der Waals surface area contributed by atoms with Gasteiger partial charge in [-0.2, -0.15) is 4.72 Å². The van der Waals surface area contributed by atoms with Crippen LogP contribution >= 0.6 is 0 Å². The quantitative estimate of drug-likeness (QED) is 0.223. The number of nitrogens with one attached hydrogen (secondary N) is 3. The van der Waals surface area contributed by atoms with Gasteiger partial charge in [0.25, 0.3) is 5.56 Å². The standard InChI is InChI=1S/C27H36N4O7S/c1-4-38-25(33)15-9-8-13-22(30-39(36,37)21-11-6-5-7-12-21)26(34)29-23-14-10-18-31(27(23)35)19-24(32)28-17-16-20(2)3/h5-7,9-12,14-15,18,20,22,30H,4,8,13,16-17,19H2,1-3H3,(H,28,32)(H,29,34)/b15-9+/t22-/m0/s1. The summed E-state index contributed by atoms with van der Waals surface area (Å²) in [4.78, 5) is 49.8. The Balaban J connectivity index is 2.18. The van der Waals surface area contributed by atoms with Gasteiger partial charge in [0, 0.05) is 18.8 Å². The van der Waals surface area contributed by atoms with E-state index >= 15 is 0 Å². The molecule has 1 heterocycles. The Morgan fingerprint density at radius 2 is 1.77 bits per heavy atom. The lowest BCUT2D eigenvalue weighted by molar-refractivity contribution is -0.137. The van der Waals surface area contributed by atoms with Crippen LogP contribution in [0.2, 0.25) is 0 Å². The molecule has 0 aliphatic rings. The lowest BCUT2D eigenvalue weighted by atomic mass is 10.1. The molecule has 212 valence electrons. The van der Waals surface area contributed by atoms with Crippen LogP contribution in [0, 0.1) is 5.92 Å². The van der Waals surface area contributed by atoms with Gasteiger partial charge >= 0.3 is 5.97 Å². The van der Waals surface area contributed by atoms with Crippen molar-refractivity contribution >= 4 is 33.5 Å². The van der Waals surface area contributed by atoms with E-state index in [2.05, 4.69) is 15.4 Å². The van der Waals surface area contributed by atoms with E-state index in [1.807, 2.05) is 13.8 Å². The molecule has 0 saturated carbocycles. The second-order valence-corrected chi connectivity index (χ2v) is 10.8. The summed E-state index contributed by atoms with van der Waals surface area (Å²) in [7, 11) is -4.07. The normalized spacial score (nSPS) is 12.3. The predicted octanol–water partition coefficient (Wildman–Crippen LogP) is 2.20. The lowest BCUT2D eigenvalue weighted by Crippen LogP contribution is -2.44. The first-order valence-corrected chi connectivity index (χ1v) is 14.2. The van der Waals surface area contributed by atoms with Gasteiger partial charge in [-0.25, -0.2) is 13.2 Å². The molecule has 0 spiro atoms. The molecule has 0 unspecified atom stereocenters. The minimum Gasteiger partial charge on any atom is -0.463 e. The average Bonchev–Trinajstić information content (AvgIpc) is 2.88. The average molecular weight is 561 g/mol. The highest BCUT2D eigenvalue weighted by Gasteiger charge is 2.26. The van der Waals surface area contributed by atoms with Crippen molar-refractivity contribution in [1.29, 1.82) is 0 Å². The van der Waals surface area contributed by atoms with Crippen molar-refractivity contribution in [2.45, 2.75) is 57.5 Å². The van der Waals surface area contributed by atoms with E-state index in [0.29, 0.717) is 12.5 Å². The van der Waals surface area contributed by atoms with Crippen molar-refractivity contribution < 1.29 is 27.5 Å². The number of sulfonamides is 1. The molecule has 39 heavy (non-hydrogen) atoms. The molecular formula is C27H36N4O7S. The molecule has 1 aromatic carbocycles. The number of allylic oxidation sites excluding steroid dienone is 1. The number of rotatable bonds is 15. The summed E-state index contributed by atoms with van der Waals surface area (Å²) >= 11 is 0. The Labute approximate surface area is 228 Å². The zero-order valence-corrected chi connectivity index (χ0v) is 23.2. The minimum absolute atomic E-state index is 0.00686. The lowest BCUT2D eigenvalue weighted by Gasteiger charge is -2.18. The van der Waals surface area contributed by atoms with Crippen molar-refractivity contribution in [1.82, 2.24) is 14.6 Å². The predicted molar refractivity (Wildman–Crippen MR) is 147 cm³/mol. The van der Waals surface area contributed by atoms with Crippen molar-refractivity contribution in [3.05, 3.63) is 71.2 Å². The highest BCUT2D eigenvalue weighted by Crippen LogP contribution is 2.12. The molecule has 0 radical (unpaired) electrons. The van der Waals surface area contributed by atoms with Gasteiger partial charge in [-0.15, -0.1) is 0 Å². The summed E-state index contributed by atoms with van der Waals surface area (Å²) in [6.45, 7) is 6.19. The second kappa shape index (κ2) is 15.6. The summed E-state index contributed by atoms with van der Waals surface area (Å²) in [6, 6.07) is 9.15. The highest BCUT2D eigenvalue weighted by molar-refractivity contribution is 7.89. The minimum atomic E-state index is -4.07. The number of pyridine rings is 1. The van der Waals surface area contributed by atoms with E-state index in [1.165, 1.54) is 42.6 Å². The number of nitrogens with zero attached hydrogens (tertiary/aromatic N) is 1. The Hall–Kier alpha value is -3.77. The molecule has 2 aromatic rings. The molecule has 3 N–H and O–H groups in total. The molecule has 2 amide bonds. The van der Waals surface area contributed by atoms with Crippen LogP contribution in [-0.2, 0) is 35.7 Å². The SMILES string of the molecule is CCOC(=O)/C=C/CC[C@H](NS(=O)(=O)c1ccccc1)C(=O)Nc1cccn(CC(=O)NCCC(C)C)c1=O. The number of amides is 2. The van der Waals surface area contributed by atoms with Crippen LogP contribution in [-0.4, -0.2) is 50.0 Å². The second-order valence-electron chi connectivity index (χ2n) is 9.10. The first kappa shape index (κ1) is 31.4. The smallest absolute Gasteiger partial charge is 0.330 e. The van der Waals surface area contributed by atoms with Crippen LogP contribution < -0.4 is 20.9 Å². The first-order valence-electron chi connectivity index (χ1n) is 12.7. The molecule has 0 aliphatic heterocycles. The highest BCUT2D eigenvalue weighted by atomic mass is 32.2. The van der Waals surface area contributed by atoms with Crippen LogP contribution in [0.25, 0.3) is 0 Å². The number of ether oxygens (including phenoxy) is 1. The summed E-state index contributed by atoms with van der Waals surface area (Å²) in [5.41, 5.74) is -0.722. The zero-order valence-electron chi connectivity index (χ0n) is 22.4. The van der Waals surface area contributed by atoms with Crippen molar-refractivity contribution in [3.63, 3.8) is 0 Å². The molecule has 12 heteroatoms. The molecular weight excluding hydrogens is 524 g/mol. The number of aromatic nitrogens is 1. The number of anilines is 1. The summed E-state index contributed by atoms with van der Waals surface area (Å²) in [5.74, 6) is -1.25. The van der Waals surface area contributed by atoms with Crippen LogP contribution in [0.1, 0.15) is 40.0 Å². The maximum absolute atomic E-state index is 13.2. The Bertz CT molecular complexity index is 1300. The molecule has 1 aromatic heterocycles. The van der Waals surface area contributed by atoms with Gasteiger partial charge in [-0.3, -0.25) is 14.4 Å². The van der Waals surface area contributed by atoms with Crippen LogP contribution in [0.4, 0.5) is 5.69 Å². The number of carbonyl (C=O) groups excluding carboxylic acids is 3. The zero-order chi connectivity index (χ0) is 28.8.